The summed E-state index contributed by atoms with van der Waals surface area (Å²) in [4.78, 5) is 18.2. The first-order valence-corrected chi connectivity index (χ1v) is 11.7. The summed E-state index contributed by atoms with van der Waals surface area (Å²) in [7, 11) is 0. The average Bonchev–Trinajstić information content (AvgIpc) is 2.80. The Balaban J connectivity index is 1.34. The van der Waals surface area contributed by atoms with E-state index in [9.17, 15) is 4.39 Å². The summed E-state index contributed by atoms with van der Waals surface area (Å²) in [5, 5.41) is 6.75. The summed E-state index contributed by atoms with van der Waals surface area (Å²) < 4.78 is 13.3. The number of halogens is 1. The lowest BCUT2D eigenvalue weighted by atomic mass is 10.0. The molecule has 33 heavy (non-hydrogen) atoms. The molecule has 8 heteroatoms. The number of benzene rings is 1. The Hall–Kier alpha value is -3.26. The zero-order valence-electron chi connectivity index (χ0n) is 18.9. The molecule has 2 fully saturated rings. The van der Waals surface area contributed by atoms with Gasteiger partial charge in [0.2, 0.25) is 0 Å². The lowest BCUT2D eigenvalue weighted by Crippen LogP contribution is -2.60. The number of likely N-dealkylation sites (tertiary alicyclic amines) is 1. The Bertz CT molecular complexity index is 1050. The summed E-state index contributed by atoms with van der Waals surface area (Å²) in [5.74, 6) is 1.89. The maximum absolute atomic E-state index is 13.3. The van der Waals surface area contributed by atoms with Gasteiger partial charge in [-0.15, -0.1) is 0 Å². The molecule has 2 saturated heterocycles. The number of piperidine rings is 1. The van der Waals surface area contributed by atoms with Crippen molar-refractivity contribution in [2.45, 2.75) is 38.3 Å². The largest absolute Gasteiger partial charge is 0.368 e. The quantitative estimate of drug-likeness (QED) is 0.548. The predicted octanol–water partition coefficient (Wildman–Crippen LogP) is 4.60. The van der Waals surface area contributed by atoms with E-state index in [1.54, 1.807) is 30.7 Å². The number of nitrogens with zero attached hydrogens (tertiary/aromatic N) is 5. The van der Waals surface area contributed by atoms with Crippen LogP contribution in [-0.2, 0) is 0 Å². The number of anilines is 4. The van der Waals surface area contributed by atoms with E-state index in [-0.39, 0.29) is 11.9 Å². The van der Waals surface area contributed by atoms with E-state index in [1.165, 1.54) is 44.5 Å². The highest BCUT2D eigenvalue weighted by molar-refractivity contribution is 5.66. The van der Waals surface area contributed by atoms with E-state index in [0.717, 1.165) is 30.2 Å². The predicted molar refractivity (Wildman–Crippen MR) is 129 cm³/mol. The van der Waals surface area contributed by atoms with Crippen LogP contribution < -0.4 is 15.5 Å². The molecule has 0 unspecified atom stereocenters. The lowest BCUT2D eigenvalue weighted by molar-refractivity contribution is 0.139. The first-order valence-electron chi connectivity index (χ1n) is 11.7. The van der Waals surface area contributed by atoms with Gasteiger partial charge in [-0.2, -0.15) is 0 Å². The van der Waals surface area contributed by atoms with Crippen molar-refractivity contribution in [3.05, 3.63) is 66.4 Å². The van der Waals surface area contributed by atoms with Crippen molar-refractivity contribution in [2.75, 3.05) is 41.7 Å². The van der Waals surface area contributed by atoms with Crippen LogP contribution in [0.3, 0.4) is 0 Å². The van der Waals surface area contributed by atoms with Crippen molar-refractivity contribution in [1.82, 2.24) is 19.9 Å². The average molecular weight is 448 g/mol. The third kappa shape index (κ3) is 5.22. The third-order valence-corrected chi connectivity index (χ3v) is 6.50. The minimum absolute atomic E-state index is 0.0183. The van der Waals surface area contributed by atoms with Gasteiger partial charge in [0.15, 0.2) is 0 Å². The number of rotatable bonds is 7. The summed E-state index contributed by atoms with van der Waals surface area (Å²) in [5.41, 5.74) is 2.12. The van der Waals surface area contributed by atoms with Crippen LogP contribution in [0.1, 0.15) is 37.8 Å². The van der Waals surface area contributed by atoms with Gasteiger partial charge in [0.05, 0.1) is 6.20 Å². The molecule has 3 aromatic rings. The van der Waals surface area contributed by atoms with Gasteiger partial charge in [-0.05, 0) is 50.6 Å². The van der Waals surface area contributed by atoms with Gasteiger partial charge in [-0.3, -0.25) is 9.88 Å². The van der Waals surface area contributed by atoms with Gasteiger partial charge in [0.25, 0.3) is 0 Å². The molecule has 1 atom stereocenters. The minimum Gasteiger partial charge on any atom is -0.368 e. The molecular formula is C25H30FN7. The normalized spacial score (nSPS) is 17.9. The van der Waals surface area contributed by atoms with Gasteiger partial charge in [-0.1, -0.05) is 18.6 Å². The van der Waals surface area contributed by atoms with Crippen LogP contribution >= 0.6 is 0 Å². The molecule has 2 aliphatic rings. The lowest BCUT2D eigenvalue weighted by Gasteiger charge is -2.48. The van der Waals surface area contributed by atoms with Gasteiger partial charge < -0.3 is 15.5 Å². The second kappa shape index (κ2) is 9.70. The molecule has 0 bridgehead atoms. The number of aromatic nitrogens is 3. The third-order valence-electron chi connectivity index (χ3n) is 6.50. The second-order valence-corrected chi connectivity index (χ2v) is 8.88. The summed E-state index contributed by atoms with van der Waals surface area (Å²) >= 11 is 0. The van der Waals surface area contributed by atoms with Crippen LogP contribution in [-0.4, -0.2) is 52.1 Å². The molecule has 0 aliphatic carbocycles. The standard InChI is InChI=1S/C25H30FN7/c1-18(19-5-7-20(26)8-6-19)29-23-13-21(14-24(30-23)31-25-15-27-9-10-28-25)33-16-22(17-33)32-11-3-2-4-12-32/h5-10,13-15,18,22H,2-4,11-12,16-17H2,1H3,(H2,28,29,30,31)/t18-/m0/s1. The Kier molecular flexibility index (Phi) is 6.35. The van der Waals surface area contributed by atoms with Gasteiger partial charge in [0, 0.05) is 55.4 Å². The van der Waals surface area contributed by atoms with Gasteiger partial charge in [0.1, 0.15) is 23.3 Å². The van der Waals surface area contributed by atoms with Gasteiger partial charge >= 0.3 is 0 Å². The van der Waals surface area contributed by atoms with E-state index in [0.29, 0.717) is 17.7 Å². The van der Waals surface area contributed by atoms with Crippen LogP contribution in [0.5, 0.6) is 0 Å². The molecular weight excluding hydrogens is 417 g/mol. The van der Waals surface area contributed by atoms with Crippen molar-refractivity contribution in [3.63, 3.8) is 0 Å². The smallest absolute Gasteiger partial charge is 0.150 e. The topological polar surface area (TPSA) is 69.2 Å². The molecule has 4 heterocycles. The summed E-state index contributed by atoms with van der Waals surface area (Å²) in [6, 6.07) is 11.3. The van der Waals surface area contributed by atoms with E-state index in [1.807, 2.05) is 6.92 Å². The van der Waals surface area contributed by atoms with E-state index in [2.05, 4.69) is 42.5 Å². The Morgan fingerprint density at radius 3 is 2.45 bits per heavy atom. The van der Waals surface area contributed by atoms with Crippen molar-refractivity contribution < 1.29 is 4.39 Å². The van der Waals surface area contributed by atoms with Crippen molar-refractivity contribution >= 4 is 23.1 Å². The van der Waals surface area contributed by atoms with E-state index in [4.69, 9.17) is 4.98 Å². The van der Waals surface area contributed by atoms with Crippen LogP contribution in [0, 0.1) is 5.82 Å². The molecule has 7 nitrogen and oxygen atoms in total. The molecule has 0 spiro atoms. The fourth-order valence-electron chi connectivity index (χ4n) is 4.57. The molecule has 172 valence electrons. The van der Waals surface area contributed by atoms with Crippen LogP contribution in [0.2, 0.25) is 0 Å². The molecule has 0 radical (unpaired) electrons. The highest BCUT2D eigenvalue weighted by Crippen LogP contribution is 2.31. The number of pyridine rings is 1. The zero-order valence-corrected chi connectivity index (χ0v) is 18.9. The molecule has 1 aromatic carbocycles. The van der Waals surface area contributed by atoms with Crippen LogP contribution in [0.25, 0.3) is 0 Å². The maximum atomic E-state index is 13.3. The SMILES string of the molecule is C[C@H](Nc1cc(N2CC(N3CCCCC3)C2)cc(Nc2cnccn2)n1)c1ccc(F)cc1. The molecule has 2 aromatic heterocycles. The number of hydrogen-bond donors (Lipinski definition) is 2. The minimum atomic E-state index is -0.234. The van der Waals surface area contributed by atoms with Crippen molar-refractivity contribution in [2.24, 2.45) is 0 Å². The molecule has 2 N–H and O–H groups in total. The van der Waals surface area contributed by atoms with Crippen molar-refractivity contribution in [1.29, 1.82) is 0 Å². The fourth-order valence-corrected chi connectivity index (χ4v) is 4.57. The molecule has 5 rings (SSSR count). The highest BCUT2D eigenvalue weighted by atomic mass is 19.1. The maximum Gasteiger partial charge on any atom is 0.150 e. The summed E-state index contributed by atoms with van der Waals surface area (Å²) in [6.45, 7) is 6.54. The molecule has 0 saturated carbocycles. The van der Waals surface area contributed by atoms with E-state index >= 15 is 0 Å². The van der Waals surface area contributed by atoms with Crippen LogP contribution in [0.15, 0.2) is 55.0 Å². The molecule has 2 aliphatic heterocycles. The first kappa shape index (κ1) is 21.6. The Morgan fingerprint density at radius 2 is 1.73 bits per heavy atom. The van der Waals surface area contributed by atoms with E-state index < -0.39 is 0 Å². The molecule has 0 amide bonds. The summed E-state index contributed by atoms with van der Waals surface area (Å²) in [6.07, 6.45) is 8.96. The number of nitrogens with one attached hydrogen (secondary N) is 2. The fraction of sp³-hybridized carbons (Fsp3) is 0.400. The van der Waals surface area contributed by atoms with Gasteiger partial charge in [-0.25, -0.2) is 14.4 Å². The Labute approximate surface area is 194 Å². The Morgan fingerprint density at radius 1 is 0.970 bits per heavy atom. The highest BCUT2D eigenvalue weighted by Gasteiger charge is 2.33. The zero-order chi connectivity index (χ0) is 22.6. The number of hydrogen-bond acceptors (Lipinski definition) is 7. The second-order valence-electron chi connectivity index (χ2n) is 8.88. The van der Waals surface area contributed by atoms with Crippen molar-refractivity contribution in [3.8, 4) is 0 Å². The van der Waals surface area contributed by atoms with Crippen LogP contribution in [0.4, 0.5) is 27.5 Å². The monoisotopic (exact) mass is 447 g/mol. The first-order chi connectivity index (χ1) is 16.1.